The summed E-state index contributed by atoms with van der Waals surface area (Å²) in [5.41, 5.74) is 1.60. The molecule has 1 aliphatic heterocycles. The predicted octanol–water partition coefficient (Wildman–Crippen LogP) is 2.95. The molecule has 2 aromatic carbocycles. The molecule has 3 aromatic rings. The number of halogens is 1. The molecule has 2 N–H and O–H groups in total. The Hall–Kier alpha value is -3.46. The number of morpholine rings is 1. The molecule has 1 unspecified atom stereocenters. The summed E-state index contributed by atoms with van der Waals surface area (Å²) in [7, 11) is 0. The maximum Gasteiger partial charge on any atom is 0.255 e. The fourth-order valence-corrected chi connectivity index (χ4v) is 4.03. The minimum Gasteiger partial charge on any atom is -0.379 e. The summed E-state index contributed by atoms with van der Waals surface area (Å²) in [6.07, 6.45) is 1.79. The van der Waals surface area contributed by atoms with Crippen molar-refractivity contribution in [3.05, 3.63) is 93.9 Å². The van der Waals surface area contributed by atoms with Gasteiger partial charge in [-0.25, -0.2) is 0 Å². The van der Waals surface area contributed by atoms with Crippen LogP contribution in [0.4, 0.5) is 5.69 Å². The van der Waals surface area contributed by atoms with E-state index >= 15 is 0 Å². The van der Waals surface area contributed by atoms with Crippen LogP contribution in [0.1, 0.15) is 16.8 Å². The molecule has 1 saturated heterocycles. The zero-order chi connectivity index (χ0) is 24.6. The van der Waals surface area contributed by atoms with Gasteiger partial charge in [-0.15, -0.1) is 0 Å². The fraction of sp³-hybridized carbons (Fsp3) is 0.269. The van der Waals surface area contributed by atoms with Crippen LogP contribution >= 0.6 is 11.6 Å². The lowest BCUT2D eigenvalue weighted by Gasteiger charge is -2.30. The van der Waals surface area contributed by atoms with Crippen molar-refractivity contribution in [2.75, 3.05) is 38.2 Å². The van der Waals surface area contributed by atoms with E-state index in [-0.39, 0.29) is 23.8 Å². The molecule has 182 valence electrons. The standard InChI is InChI=1S/C26H27ClN4O4/c27-20-6-8-21(9-7-20)28-24(32)17-22(18-30-13-15-35-16-14-30)29-26(34)19-4-10-23(11-5-19)31-12-2-1-3-25(31)33/h1-12,22H,13-18H2,(H,28,32)(H,29,34). The quantitative estimate of drug-likeness (QED) is 0.502. The molecule has 0 bridgehead atoms. The Morgan fingerprint density at radius 1 is 0.971 bits per heavy atom. The van der Waals surface area contributed by atoms with Crippen molar-refractivity contribution in [1.29, 1.82) is 0 Å². The smallest absolute Gasteiger partial charge is 0.255 e. The normalized spacial score (nSPS) is 14.8. The molecule has 2 heterocycles. The molecule has 0 spiro atoms. The van der Waals surface area contributed by atoms with Crippen molar-refractivity contribution in [2.45, 2.75) is 12.5 Å². The van der Waals surface area contributed by atoms with Gasteiger partial charge in [0.15, 0.2) is 0 Å². The number of pyridine rings is 1. The zero-order valence-electron chi connectivity index (χ0n) is 19.2. The number of amides is 2. The number of aromatic nitrogens is 1. The Morgan fingerprint density at radius 3 is 2.37 bits per heavy atom. The van der Waals surface area contributed by atoms with E-state index in [9.17, 15) is 14.4 Å². The van der Waals surface area contributed by atoms with Crippen LogP contribution in [0.3, 0.4) is 0 Å². The summed E-state index contributed by atoms with van der Waals surface area (Å²) in [5.74, 6) is -0.487. The topological polar surface area (TPSA) is 92.7 Å². The third kappa shape index (κ3) is 7.02. The second kappa shape index (κ2) is 11.8. The molecule has 8 nitrogen and oxygen atoms in total. The van der Waals surface area contributed by atoms with Crippen molar-refractivity contribution < 1.29 is 14.3 Å². The second-order valence-corrected chi connectivity index (χ2v) is 8.73. The van der Waals surface area contributed by atoms with Gasteiger partial charge in [0, 0.05) is 60.3 Å². The summed E-state index contributed by atoms with van der Waals surface area (Å²) < 4.78 is 6.92. The monoisotopic (exact) mass is 494 g/mol. The van der Waals surface area contributed by atoms with Crippen LogP contribution in [0.25, 0.3) is 5.69 Å². The first-order valence-electron chi connectivity index (χ1n) is 11.4. The van der Waals surface area contributed by atoms with Gasteiger partial charge >= 0.3 is 0 Å². The molecule has 4 rings (SSSR count). The van der Waals surface area contributed by atoms with E-state index in [4.69, 9.17) is 16.3 Å². The molecule has 1 atom stereocenters. The SMILES string of the molecule is O=C(CC(CN1CCOCC1)NC(=O)c1ccc(-n2ccccc2=O)cc1)Nc1ccc(Cl)cc1. The van der Waals surface area contributed by atoms with Gasteiger partial charge < -0.3 is 15.4 Å². The molecular weight excluding hydrogens is 468 g/mol. The van der Waals surface area contributed by atoms with E-state index in [0.29, 0.717) is 41.7 Å². The third-order valence-electron chi connectivity index (χ3n) is 5.71. The highest BCUT2D eigenvalue weighted by atomic mass is 35.5. The highest BCUT2D eigenvalue weighted by molar-refractivity contribution is 6.30. The minimum absolute atomic E-state index is 0.114. The first-order chi connectivity index (χ1) is 17.0. The van der Waals surface area contributed by atoms with Crippen LogP contribution in [-0.4, -0.2) is 60.2 Å². The predicted molar refractivity (Wildman–Crippen MR) is 135 cm³/mol. The second-order valence-electron chi connectivity index (χ2n) is 8.30. The molecule has 35 heavy (non-hydrogen) atoms. The van der Waals surface area contributed by atoms with Crippen molar-refractivity contribution >= 4 is 29.1 Å². The Labute approximate surface area is 208 Å². The van der Waals surface area contributed by atoms with E-state index in [2.05, 4.69) is 15.5 Å². The van der Waals surface area contributed by atoms with Crippen molar-refractivity contribution in [2.24, 2.45) is 0 Å². The number of ether oxygens (including phenoxy) is 1. The minimum atomic E-state index is -0.399. The highest BCUT2D eigenvalue weighted by Gasteiger charge is 2.22. The van der Waals surface area contributed by atoms with Gasteiger partial charge in [0.25, 0.3) is 11.5 Å². The van der Waals surface area contributed by atoms with E-state index in [0.717, 1.165) is 13.1 Å². The summed E-state index contributed by atoms with van der Waals surface area (Å²) in [6, 6.07) is 18.2. The maximum atomic E-state index is 13.0. The van der Waals surface area contributed by atoms with E-state index < -0.39 is 6.04 Å². The first-order valence-corrected chi connectivity index (χ1v) is 11.8. The Balaban J connectivity index is 1.43. The molecule has 2 amide bonds. The van der Waals surface area contributed by atoms with Crippen LogP contribution < -0.4 is 16.2 Å². The van der Waals surface area contributed by atoms with Gasteiger partial charge in [0.05, 0.1) is 19.3 Å². The van der Waals surface area contributed by atoms with E-state index in [1.807, 2.05) is 0 Å². The largest absolute Gasteiger partial charge is 0.379 e. The highest BCUT2D eigenvalue weighted by Crippen LogP contribution is 2.14. The first kappa shape index (κ1) is 24.7. The lowest BCUT2D eigenvalue weighted by Crippen LogP contribution is -2.48. The molecule has 1 aromatic heterocycles. The Bertz CT molecular complexity index is 1210. The molecule has 9 heteroatoms. The number of benzene rings is 2. The van der Waals surface area contributed by atoms with Gasteiger partial charge in [0.1, 0.15) is 0 Å². The van der Waals surface area contributed by atoms with Gasteiger partial charge in [-0.2, -0.15) is 0 Å². The number of nitrogens with zero attached hydrogens (tertiary/aromatic N) is 2. The van der Waals surface area contributed by atoms with Crippen LogP contribution in [0.5, 0.6) is 0 Å². The molecule has 1 aliphatic rings. The lowest BCUT2D eigenvalue weighted by atomic mass is 10.1. The molecule has 1 fully saturated rings. The number of carbonyl (C=O) groups excluding carboxylic acids is 2. The molecule has 0 saturated carbocycles. The Kier molecular flexibility index (Phi) is 8.31. The lowest BCUT2D eigenvalue weighted by molar-refractivity contribution is -0.116. The molecule has 0 radical (unpaired) electrons. The number of hydrogen-bond donors (Lipinski definition) is 2. The summed E-state index contributed by atoms with van der Waals surface area (Å²) in [6.45, 7) is 3.26. The third-order valence-corrected chi connectivity index (χ3v) is 5.96. The Morgan fingerprint density at radius 2 is 1.69 bits per heavy atom. The van der Waals surface area contributed by atoms with Crippen LogP contribution in [0.2, 0.25) is 5.02 Å². The summed E-state index contributed by atoms with van der Waals surface area (Å²) >= 11 is 5.92. The number of carbonyl (C=O) groups is 2. The zero-order valence-corrected chi connectivity index (χ0v) is 19.9. The number of hydrogen-bond acceptors (Lipinski definition) is 5. The molecular formula is C26H27ClN4O4. The van der Waals surface area contributed by atoms with Crippen LogP contribution in [-0.2, 0) is 9.53 Å². The van der Waals surface area contributed by atoms with Crippen molar-refractivity contribution in [3.63, 3.8) is 0 Å². The number of rotatable bonds is 8. The van der Waals surface area contributed by atoms with Gasteiger partial charge in [-0.3, -0.25) is 23.9 Å². The van der Waals surface area contributed by atoms with Crippen molar-refractivity contribution in [3.8, 4) is 5.69 Å². The average molecular weight is 495 g/mol. The number of anilines is 1. The van der Waals surface area contributed by atoms with E-state index in [1.165, 1.54) is 10.6 Å². The maximum absolute atomic E-state index is 13.0. The van der Waals surface area contributed by atoms with Gasteiger partial charge in [-0.05, 0) is 54.6 Å². The van der Waals surface area contributed by atoms with Gasteiger partial charge in [-0.1, -0.05) is 17.7 Å². The summed E-state index contributed by atoms with van der Waals surface area (Å²) in [5, 5.41) is 6.45. The van der Waals surface area contributed by atoms with Crippen LogP contribution in [0, 0.1) is 0 Å². The van der Waals surface area contributed by atoms with Crippen LogP contribution in [0.15, 0.2) is 77.7 Å². The fourth-order valence-electron chi connectivity index (χ4n) is 3.91. The molecule has 0 aliphatic carbocycles. The average Bonchev–Trinajstić information content (AvgIpc) is 2.86. The van der Waals surface area contributed by atoms with E-state index in [1.54, 1.807) is 66.9 Å². The summed E-state index contributed by atoms with van der Waals surface area (Å²) in [4.78, 5) is 40.0. The van der Waals surface area contributed by atoms with Gasteiger partial charge in [0.2, 0.25) is 5.91 Å². The number of nitrogens with one attached hydrogen (secondary N) is 2. The van der Waals surface area contributed by atoms with Crippen molar-refractivity contribution in [1.82, 2.24) is 14.8 Å².